The lowest BCUT2D eigenvalue weighted by Crippen LogP contribution is -3.16. The van der Waals surface area contributed by atoms with Gasteiger partial charge in [-0.05, 0) is 18.2 Å². The summed E-state index contributed by atoms with van der Waals surface area (Å²) >= 11 is 0. The van der Waals surface area contributed by atoms with Gasteiger partial charge < -0.3 is 19.5 Å². The number of piperazine rings is 1. The SMILES string of the molecule is COc1cccc(OC[C@H](O)C[NH+]2CCN(c3cccc[nH+]3)CC2)c1. The zero-order valence-electron chi connectivity index (χ0n) is 14.6. The van der Waals surface area contributed by atoms with Gasteiger partial charge in [0.2, 0.25) is 0 Å². The highest BCUT2D eigenvalue weighted by molar-refractivity contribution is 5.33. The fourth-order valence-corrected chi connectivity index (χ4v) is 3.12. The van der Waals surface area contributed by atoms with Gasteiger partial charge in [-0.1, -0.05) is 12.1 Å². The number of ether oxygens (including phenoxy) is 2. The molecule has 1 aromatic heterocycles. The number of anilines is 1. The molecule has 1 fully saturated rings. The lowest BCUT2D eigenvalue weighted by molar-refractivity contribution is -0.903. The Bertz CT molecular complexity index is 645. The van der Waals surface area contributed by atoms with Gasteiger partial charge in [-0.3, -0.25) is 4.90 Å². The van der Waals surface area contributed by atoms with Crippen molar-refractivity contribution in [3.05, 3.63) is 48.7 Å². The number of quaternary nitrogens is 1. The number of pyridine rings is 1. The van der Waals surface area contributed by atoms with Gasteiger partial charge in [-0.15, -0.1) is 0 Å². The van der Waals surface area contributed by atoms with Gasteiger partial charge in [0.15, 0.2) is 0 Å². The fraction of sp³-hybridized carbons (Fsp3) is 0.421. The zero-order valence-corrected chi connectivity index (χ0v) is 14.6. The summed E-state index contributed by atoms with van der Waals surface area (Å²) in [5.41, 5.74) is 0. The van der Waals surface area contributed by atoms with Gasteiger partial charge in [0.25, 0.3) is 5.82 Å². The summed E-state index contributed by atoms with van der Waals surface area (Å²) < 4.78 is 10.9. The number of methoxy groups -OCH3 is 1. The van der Waals surface area contributed by atoms with Crippen LogP contribution in [-0.4, -0.2) is 57.7 Å². The van der Waals surface area contributed by atoms with Crippen LogP contribution in [0, 0.1) is 0 Å². The molecule has 0 saturated carbocycles. The van der Waals surface area contributed by atoms with Crippen LogP contribution in [0.4, 0.5) is 5.82 Å². The molecule has 1 aliphatic heterocycles. The van der Waals surface area contributed by atoms with Crippen molar-refractivity contribution in [1.29, 1.82) is 0 Å². The molecule has 25 heavy (non-hydrogen) atoms. The zero-order chi connectivity index (χ0) is 17.5. The van der Waals surface area contributed by atoms with E-state index < -0.39 is 6.10 Å². The van der Waals surface area contributed by atoms with Gasteiger partial charge in [-0.2, -0.15) is 0 Å². The molecule has 1 aliphatic rings. The number of nitrogens with zero attached hydrogens (tertiary/aromatic N) is 1. The Hall–Kier alpha value is -2.31. The predicted octanol–water partition coefficient (Wildman–Crippen LogP) is -0.346. The molecule has 1 saturated heterocycles. The number of hydrogen-bond acceptors (Lipinski definition) is 4. The Morgan fingerprint density at radius 3 is 2.68 bits per heavy atom. The molecule has 2 heterocycles. The minimum atomic E-state index is -0.476. The molecule has 0 radical (unpaired) electrons. The van der Waals surface area contributed by atoms with E-state index in [1.54, 1.807) is 7.11 Å². The largest absolute Gasteiger partial charge is 0.497 e. The van der Waals surface area contributed by atoms with Crippen LogP contribution in [0.5, 0.6) is 11.5 Å². The van der Waals surface area contributed by atoms with Crippen molar-refractivity contribution < 1.29 is 24.5 Å². The standard InChI is InChI=1S/C19H25N3O3/c1-24-17-5-4-6-18(13-17)25-15-16(23)14-21-9-11-22(12-10-21)19-7-2-3-8-20-19/h2-8,13,16,23H,9-12,14-15H2,1H3/p+2/t16-/m1/s1. The third kappa shape index (κ3) is 5.08. The van der Waals surface area contributed by atoms with Gasteiger partial charge >= 0.3 is 0 Å². The molecule has 0 bridgehead atoms. The predicted molar refractivity (Wildman–Crippen MR) is 95.3 cm³/mol. The van der Waals surface area contributed by atoms with Crippen molar-refractivity contribution in [2.24, 2.45) is 0 Å². The molecule has 0 spiro atoms. The summed E-state index contributed by atoms with van der Waals surface area (Å²) in [6, 6.07) is 13.6. The molecule has 3 N–H and O–H groups in total. The number of hydrogen-bond donors (Lipinski definition) is 2. The van der Waals surface area contributed by atoms with Crippen LogP contribution in [0.15, 0.2) is 48.7 Å². The molecule has 2 aromatic rings. The molecule has 0 aliphatic carbocycles. The maximum Gasteiger partial charge on any atom is 0.274 e. The highest BCUT2D eigenvalue weighted by atomic mass is 16.5. The lowest BCUT2D eigenvalue weighted by Gasteiger charge is -2.29. The Labute approximate surface area is 148 Å². The first-order chi connectivity index (χ1) is 12.2. The number of aliphatic hydroxyl groups excluding tert-OH is 1. The van der Waals surface area contributed by atoms with Crippen LogP contribution in [0.3, 0.4) is 0 Å². The first-order valence-corrected chi connectivity index (χ1v) is 8.75. The smallest absolute Gasteiger partial charge is 0.274 e. The van der Waals surface area contributed by atoms with Crippen molar-refractivity contribution in [3.8, 4) is 11.5 Å². The molecular formula is C19H27N3O3+2. The van der Waals surface area contributed by atoms with E-state index in [0.29, 0.717) is 13.2 Å². The number of aromatic nitrogens is 1. The number of nitrogens with one attached hydrogen (secondary N) is 2. The van der Waals surface area contributed by atoms with E-state index >= 15 is 0 Å². The summed E-state index contributed by atoms with van der Waals surface area (Å²) in [6.45, 7) is 5.00. The van der Waals surface area contributed by atoms with Crippen molar-refractivity contribution in [2.75, 3.05) is 51.3 Å². The Kier molecular flexibility index (Phi) is 6.09. The maximum absolute atomic E-state index is 10.3. The summed E-state index contributed by atoms with van der Waals surface area (Å²) in [4.78, 5) is 7.04. The Morgan fingerprint density at radius 2 is 1.96 bits per heavy atom. The van der Waals surface area contributed by atoms with Crippen LogP contribution in [0.1, 0.15) is 0 Å². The molecule has 1 atom stereocenters. The Morgan fingerprint density at radius 1 is 1.16 bits per heavy atom. The first-order valence-electron chi connectivity index (χ1n) is 8.75. The van der Waals surface area contributed by atoms with Crippen molar-refractivity contribution >= 4 is 5.82 Å². The van der Waals surface area contributed by atoms with Crippen LogP contribution in [0.25, 0.3) is 0 Å². The third-order valence-corrected chi connectivity index (χ3v) is 4.51. The molecule has 0 unspecified atom stereocenters. The summed E-state index contributed by atoms with van der Waals surface area (Å²) in [7, 11) is 1.63. The second-order valence-corrected chi connectivity index (χ2v) is 6.33. The van der Waals surface area contributed by atoms with E-state index in [9.17, 15) is 5.11 Å². The van der Waals surface area contributed by atoms with E-state index in [2.05, 4.69) is 16.0 Å². The van der Waals surface area contributed by atoms with Gasteiger partial charge in [0.05, 0.1) is 13.3 Å². The van der Waals surface area contributed by atoms with Crippen LogP contribution < -0.4 is 24.3 Å². The molecule has 3 rings (SSSR count). The van der Waals surface area contributed by atoms with Crippen molar-refractivity contribution in [2.45, 2.75) is 6.10 Å². The van der Waals surface area contributed by atoms with Crippen LogP contribution in [-0.2, 0) is 0 Å². The quantitative estimate of drug-likeness (QED) is 0.720. The van der Waals surface area contributed by atoms with E-state index in [-0.39, 0.29) is 0 Å². The fourth-order valence-electron chi connectivity index (χ4n) is 3.12. The van der Waals surface area contributed by atoms with Crippen LogP contribution >= 0.6 is 0 Å². The molecule has 6 heteroatoms. The van der Waals surface area contributed by atoms with E-state index in [0.717, 1.165) is 43.5 Å². The van der Waals surface area contributed by atoms with E-state index in [4.69, 9.17) is 9.47 Å². The summed E-state index contributed by atoms with van der Waals surface area (Å²) in [5, 5.41) is 10.3. The highest BCUT2D eigenvalue weighted by Crippen LogP contribution is 2.18. The number of rotatable bonds is 7. The monoisotopic (exact) mass is 345 g/mol. The average molecular weight is 345 g/mol. The number of benzene rings is 1. The average Bonchev–Trinajstić information content (AvgIpc) is 2.68. The number of aliphatic hydroxyl groups is 1. The second-order valence-electron chi connectivity index (χ2n) is 6.33. The molecular weight excluding hydrogens is 318 g/mol. The molecule has 0 amide bonds. The van der Waals surface area contributed by atoms with Crippen molar-refractivity contribution in [3.63, 3.8) is 0 Å². The third-order valence-electron chi connectivity index (χ3n) is 4.51. The topological polar surface area (TPSA) is 60.5 Å². The first kappa shape index (κ1) is 17.5. The molecule has 6 nitrogen and oxygen atoms in total. The normalized spacial score (nSPS) is 16.5. The van der Waals surface area contributed by atoms with Crippen LogP contribution in [0.2, 0.25) is 0 Å². The molecule has 134 valence electrons. The number of aromatic amines is 1. The maximum atomic E-state index is 10.3. The van der Waals surface area contributed by atoms with Gasteiger partial charge in [0.1, 0.15) is 56.9 Å². The Balaban J connectivity index is 1.41. The number of H-pyrrole nitrogens is 1. The lowest BCUT2D eigenvalue weighted by atomic mass is 10.2. The highest BCUT2D eigenvalue weighted by Gasteiger charge is 2.27. The summed E-state index contributed by atoms with van der Waals surface area (Å²) in [5.74, 6) is 2.63. The van der Waals surface area contributed by atoms with E-state index in [1.807, 2.05) is 42.6 Å². The van der Waals surface area contributed by atoms with E-state index in [1.165, 1.54) is 4.90 Å². The van der Waals surface area contributed by atoms with Crippen molar-refractivity contribution in [1.82, 2.24) is 0 Å². The molecule has 1 aromatic carbocycles. The minimum absolute atomic E-state index is 0.298. The second kappa shape index (κ2) is 8.69. The summed E-state index contributed by atoms with van der Waals surface area (Å²) in [6.07, 6.45) is 1.48. The minimum Gasteiger partial charge on any atom is -0.497 e. The van der Waals surface area contributed by atoms with Gasteiger partial charge in [0, 0.05) is 12.1 Å². The van der Waals surface area contributed by atoms with Gasteiger partial charge in [-0.25, -0.2) is 4.98 Å².